The number of rotatable bonds is 6. The Balaban J connectivity index is 2.21. The minimum absolute atomic E-state index is 0.138. The lowest BCUT2D eigenvalue weighted by molar-refractivity contribution is 0.768. The van der Waals surface area contributed by atoms with Crippen LogP contribution in [0, 0.1) is 0 Å². The van der Waals surface area contributed by atoms with E-state index in [0.29, 0.717) is 5.92 Å². The first-order valence-electron chi connectivity index (χ1n) is 6.89. The van der Waals surface area contributed by atoms with Gasteiger partial charge in [-0.3, -0.25) is 0 Å². The van der Waals surface area contributed by atoms with Crippen LogP contribution in [0.1, 0.15) is 50.5 Å². The molecule has 5 nitrogen and oxygen atoms in total. The number of anilines is 2. The lowest BCUT2D eigenvalue weighted by Crippen LogP contribution is -2.11. The van der Waals surface area contributed by atoms with E-state index in [2.05, 4.69) is 53.3 Å². The Kier molecular flexibility index (Phi) is 4.89. The topological polar surface area (TPSA) is 62.7 Å². The van der Waals surface area contributed by atoms with Crippen molar-refractivity contribution in [1.82, 2.24) is 15.0 Å². The molecule has 20 heavy (non-hydrogen) atoms. The third-order valence-corrected chi connectivity index (χ3v) is 3.76. The SMILES string of the molecule is CCNc1cc(NC(C)c2nccs2)nc(C(C)C)n1. The zero-order chi connectivity index (χ0) is 14.5. The highest BCUT2D eigenvalue weighted by atomic mass is 32.1. The van der Waals surface area contributed by atoms with Gasteiger partial charge in [0.05, 0.1) is 6.04 Å². The molecular formula is C14H21N5S. The molecule has 0 radical (unpaired) electrons. The van der Waals surface area contributed by atoms with Gasteiger partial charge in [-0.1, -0.05) is 13.8 Å². The number of hydrogen-bond acceptors (Lipinski definition) is 6. The van der Waals surface area contributed by atoms with Crippen LogP contribution in [0.4, 0.5) is 11.6 Å². The Morgan fingerprint density at radius 3 is 2.55 bits per heavy atom. The highest BCUT2D eigenvalue weighted by molar-refractivity contribution is 7.09. The van der Waals surface area contributed by atoms with Crippen molar-refractivity contribution >= 4 is 23.0 Å². The second kappa shape index (κ2) is 6.65. The smallest absolute Gasteiger partial charge is 0.135 e. The Labute approximate surface area is 123 Å². The normalized spacial score (nSPS) is 12.4. The summed E-state index contributed by atoms with van der Waals surface area (Å²) in [4.78, 5) is 13.4. The summed E-state index contributed by atoms with van der Waals surface area (Å²) in [5, 5.41) is 9.68. The fraction of sp³-hybridized carbons (Fsp3) is 0.500. The van der Waals surface area contributed by atoms with Crippen LogP contribution in [-0.2, 0) is 0 Å². The van der Waals surface area contributed by atoms with Crippen molar-refractivity contribution in [2.75, 3.05) is 17.2 Å². The molecule has 0 amide bonds. The molecule has 2 heterocycles. The van der Waals surface area contributed by atoms with Gasteiger partial charge in [0.15, 0.2) is 0 Å². The van der Waals surface area contributed by atoms with E-state index in [4.69, 9.17) is 0 Å². The lowest BCUT2D eigenvalue weighted by Gasteiger charge is -2.15. The zero-order valence-electron chi connectivity index (χ0n) is 12.3. The van der Waals surface area contributed by atoms with Crippen molar-refractivity contribution in [2.24, 2.45) is 0 Å². The number of thiazole rings is 1. The van der Waals surface area contributed by atoms with Gasteiger partial charge in [0.2, 0.25) is 0 Å². The van der Waals surface area contributed by atoms with Crippen LogP contribution in [-0.4, -0.2) is 21.5 Å². The summed E-state index contributed by atoms with van der Waals surface area (Å²) in [7, 11) is 0. The van der Waals surface area contributed by atoms with Crippen LogP contribution in [0.3, 0.4) is 0 Å². The van der Waals surface area contributed by atoms with Gasteiger partial charge in [-0.25, -0.2) is 15.0 Å². The molecule has 1 atom stereocenters. The molecular weight excluding hydrogens is 270 g/mol. The van der Waals surface area contributed by atoms with Gasteiger partial charge in [0.25, 0.3) is 0 Å². The largest absolute Gasteiger partial charge is 0.370 e. The van der Waals surface area contributed by atoms with Gasteiger partial charge >= 0.3 is 0 Å². The molecule has 0 bridgehead atoms. The van der Waals surface area contributed by atoms with E-state index < -0.39 is 0 Å². The maximum absolute atomic E-state index is 4.58. The monoisotopic (exact) mass is 291 g/mol. The van der Waals surface area contributed by atoms with Crippen molar-refractivity contribution in [1.29, 1.82) is 0 Å². The molecule has 2 rings (SSSR count). The molecule has 0 aliphatic rings. The highest BCUT2D eigenvalue weighted by Gasteiger charge is 2.12. The summed E-state index contributed by atoms with van der Waals surface area (Å²) >= 11 is 1.64. The molecule has 1 unspecified atom stereocenters. The number of hydrogen-bond donors (Lipinski definition) is 2. The van der Waals surface area contributed by atoms with Crippen molar-refractivity contribution in [3.8, 4) is 0 Å². The third kappa shape index (κ3) is 3.66. The Morgan fingerprint density at radius 1 is 1.20 bits per heavy atom. The average molecular weight is 291 g/mol. The van der Waals surface area contributed by atoms with Gasteiger partial charge in [-0.15, -0.1) is 11.3 Å². The van der Waals surface area contributed by atoms with Crippen molar-refractivity contribution in [3.63, 3.8) is 0 Å². The van der Waals surface area contributed by atoms with E-state index in [-0.39, 0.29) is 6.04 Å². The van der Waals surface area contributed by atoms with Gasteiger partial charge in [-0.05, 0) is 13.8 Å². The minimum atomic E-state index is 0.138. The molecule has 2 aromatic rings. The number of aromatic nitrogens is 3. The van der Waals surface area contributed by atoms with E-state index in [9.17, 15) is 0 Å². The van der Waals surface area contributed by atoms with Crippen molar-refractivity contribution in [3.05, 3.63) is 28.5 Å². The standard InChI is InChI=1S/C14H21N5S/c1-5-15-11-8-12(19-13(18-11)9(2)3)17-10(4)14-16-6-7-20-14/h6-10H,5H2,1-4H3,(H2,15,17,18,19). The van der Waals surface area contributed by atoms with Crippen LogP contribution in [0.5, 0.6) is 0 Å². The molecule has 0 saturated carbocycles. The first kappa shape index (κ1) is 14.7. The molecule has 0 fully saturated rings. The predicted octanol–water partition coefficient (Wildman–Crippen LogP) is 3.66. The molecule has 0 aliphatic carbocycles. The predicted molar refractivity (Wildman–Crippen MR) is 84.4 cm³/mol. The van der Waals surface area contributed by atoms with Crippen molar-refractivity contribution < 1.29 is 0 Å². The maximum atomic E-state index is 4.58. The van der Waals surface area contributed by atoms with E-state index in [1.807, 2.05) is 17.6 Å². The lowest BCUT2D eigenvalue weighted by atomic mass is 10.2. The summed E-state index contributed by atoms with van der Waals surface area (Å²) in [6.45, 7) is 9.18. The van der Waals surface area contributed by atoms with Gasteiger partial charge < -0.3 is 10.6 Å². The van der Waals surface area contributed by atoms with E-state index >= 15 is 0 Å². The maximum Gasteiger partial charge on any atom is 0.135 e. The number of nitrogens with one attached hydrogen (secondary N) is 2. The molecule has 0 aromatic carbocycles. The van der Waals surface area contributed by atoms with Crippen LogP contribution in [0.15, 0.2) is 17.6 Å². The second-order valence-electron chi connectivity index (χ2n) is 4.92. The van der Waals surface area contributed by atoms with Crippen LogP contribution >= 0.6 is 11.3 Å². The number of nitrogens with zero attached hydrogens (tertiary/aromatic N) is 3. The molecule has 2 aromatic heterocycles. The molecule has 2 N–H and O–H groups in total. The molecule has 0 saturated heterocycles. The molecule has 0 spiro atoms. The Morgan fingerprint density at radius 2 is 1.95 bits per heavy atom. The van der Waals surface area contributed by atoms with Gasteiger partial charge in [0.1, 0.15) is 22.5 Å². The molecule has 6 heteroatoms. The third-order valence-electron chi connectivity index (χ3n) is 2.80. The second-order valence-corrected chi connectivity index (χ2v) is 5.84. The quantitative estimate of drug-likeness (QED) is 0.850. The van der Waals surface area contributed by atoms with Crippen LogP contribution < -0.4 is 10.6 Å². The van der Waals surface area contributed by atoms with E-state index in [1.165, 1.54) is 0 Å². The Bertz CT molecular complexity index is 539. The summed E-state index contributed by atoms with van der Waals surface area (Å²) in [5.41, 5.74) is 0. The van der Waals surface area contributed by atoms with E-state index in [1.54, 1.807) is 11.3 Å². The fourth-order valence-corrected chi connectivity index (χ4v) is 2.45. The van der Waals surface area contributed by atoms with Crippen molar-refractivity contribution in [2.45, 2.75) is 39.7 Å². The first-order chi connectivity index (χ1) is 9.60. The Hall–Kier alpha value is -1.69. The summed E-state index contributed by atoms with van der Waals surface area (Å²) in [6, 6.07) is 2.08. The summed E-state index contributed by atoms with van der Waals surface area (Å²) in [6.07, 6.45) is 1.82. The zero-order valence-corrected chi connectivity index (χ0v) is 13.2. The average Bonchev–Trinajstić information content (AvgIpc) is 2.92. The van der Waals surface area contributed by atoms with E-state index in [0.717, 1.165) is 29.0 Å². The van der Waals surface area contributed by atoms with Gasteiger partial charge in [-0.2, -0.15) is 0 Å². The first-order valence-corrected chi connectivity index (χ1v) is 7.77. The van der Waals surface area contributed by atoms with Crippen LogP contribution in [0.2, 0.25) is 0 Å². The fourth-order valence-electron chi connectivity index (χ4n) is 1.80. The minimum Gasteiger partial charge on any atom is -0.370 e. The van der Waals surface area contributed by atoms with Gasteiger partial charge in [0, 0.05) is 30.1 Å². The highest BCUT2D eigenvalue weighted by Crippen LogP contribution is 2.22. The summed E-state index contributed by atoms with van der Waals surface area (Å²) in [5.74, 6) is 2.84. The summed E-state index contributed by atoms with van der Waals surface area (Å²) < 4.78 is 0. The molecule has 108 valence electrons. The van der Waals surface area contributed by atoms with Crippen LogP contribution in [0.25, 0.3) is 0 Å². The molecule has 0 aliphatic heterocycles.